The summed E-state index contributed by atoms with van der Waals surface area (Å²) in [7, 11) is 3.50. The molecule has 4 aromatic carbocycles. The van der Waals surface area contributed by atoms with Gasteiger partial charge in [-0.2, -0.15) is 0 Å². The molecular formula is C64H98N8O6. The van der Waals surface area contributed by atoms with Gasteiger partial charge in [-0.05, 0) is 150 Å². The molecule has 2 aliphatic carbocycles. The fraction of sp³-hybridized carbons (Fsp3) is 0.562. The van der Waals surface area contributed by atoms with Crippen molar-refractivity contribution in [1.29, 1.82) is 0 Å². The maximum atomic E-state index is 14.9. The van der Waals surface area contributed by atoms with E-state index >= 15 is 0 Å². The van der Waals surface area contributed by atoms with E-state index < -0.39 is 24.2 Å². The van der Waals surface area contributed by atoms with Crippen molar-refractivity contribution in [2.24, 2.45) is 11.8 Å². The van der Waals surface area contributed by atoms with Crippen LogP contribution in [0.3, 0.4) is 0 Å². The highest BCUT2D eigenvalue weighted by Gasteiger charge is 2.41. The first-order valence-corrected chi connectivity index (χ1v) is 29.7. The normalized spacial score (nSPS) is 19.5. The highest BCUT2D eigenvalue weighted by atomic mass is 16.2. The number of likely N-dealkylation sites (N-methyl/N-ethyl adjacent to an activating group) is 2. The number of carbonyl (C=O) groups is 6. The number of benzene rings is 4. The van der Waals surface area contributed by atoms with Crippen LogP contribution in [0.1, 0.15) is 155 Å². The monoisotopic (exact) mass is 1070 g/mol. The molecule has 2 heterocycles. The first kappa shape index (κ1) is 59.5. The van der Waals surface area contributed by atoms with Gasteiger partial charge in [0.15, 0.2) is 0 Å². The fourth-order valence-corrected chi connectivity index (χ4v) is 12.3. The van der Waals surface area contributed by atoms with Gasteiger partial charge in [0.1, 0.15) is 12.1 Å². The number of rotatable bonds is 22. The molecule has 4 aromatic rings. The number of likely N-dealkylation sites (tertiary alicyclic amines) is 2. The average Bonchev–Trinajstić information content (AvgIpc) is 4.31. The maximum Gasteiger partial charge on any atom is 0.253 e. The molecule has 430 valence electrons. The molecule has 2 saturated heterocycles. The summed E-state index contributed by atoms with van der Waals surface area (Å²) in [5, 5.41) is 14.0. The number of hydrogen-bond acceptors (Lipinski definition) is 8. The van der Waals surface area contributed by atoms with E-state index in [9.17, 15) is 28.8 Å². The zero-order valence-corrected chi connectivity index (χ0v) is 47.7. The van der Waals surface area contributed by atoms with Crippen molar-refractivity contribution < 1.29 is 34.5 Å². The van der Waals surface area contributed by atoms with Crippen LogP contribution in [0.2, 0.25) is 0 Å². The Labute approximate surface area is 471 Å². The number of hydrogen-bond donors (Lipinski definition) is 4. The molecule has 2 aliphatic heterocycles. The van der Waals surface area contributed by atoms with Gasteiger partial charge in [-0.3, -0.25) is 28.8 Å². The fourth-order valence-electron chi connectivity index (χ4n) is 12.3. The zero-order chi connectivity index (χ0) is 55.6. The van der Waals surface area contributed by atoms with Gasteiger partial charge in [-0.1, -0.05) is 125 Å². The highest BCUT2D eigenvalue weighted by Crippen LogP contribution is 2.32. The van der Waals surface area contributed by atoms with E-state index in [0.717, 1.165) is 112 Å². The Morgan fingerprint density at radius 3 is 1.24 bits per heavy atom. The first-order chi connectivity index (χ1) is 37.9. The third kappa shape index (κ3) is 15.6. The van der Waals surface area contributed by atoms with Crippen LogP contribution in [0.15, 0.2) is 97.1 Å². The Morgan fingerprint density at radius 2 is 0.885 bits per heavy atom. The summed E-state index contributed by atoms with van der Waals surface area (Å²) < 4.78 is 0. The smallest absolute Gasteiger partial charge is 0.253 e. The molecule has 0 spiro atoms. The van der Waals surface area contributed by atoms with Crippen molar-refractivity contribution in [2.45, 2.75) is 167 Å². The maximum absolute atomic E-state index is 14.9. The van der Waals surface area contributed by atoms with Crippen LogP contribution in [-0.2, 0) is 32.0 Å². The summed E-state index contributed by atoms with van der Waals surface area (Å²) in [4.78, 5) is 93.3. The van der Waals surface area contributed by atoms with Gasteiger partial charge in [0.05, 0.1) is 12.1 Å². The molecule has 6 amide bonds. The molecular weight excluding hydrogens is 977 g/mol. The Balaban J connectivity index is 0.00000291. The van der Waals surface area contributed by atoms with Crippen molar-refractivity contribution in [3.63, 3.8) is 0 Å². The van der Waals surface area contributed by atoms with E-state index in [2.05, 4.69) is 45.5 Å². The molecule has 4 aliphatic rings. The largest absolute Gasteiger partial charge is 0.343 e. The minimum Gasteiger partial charge on any atom is -0.343 e. The summed E-state index contributed by atoms with van der Waals surface area (Å²) in [6, 6.07) is 29.2. The molecule has 78 heavy (non-hydrogen) atoms. The van der Waals surface area contributed by atoms with Crippen molar-refractivity contribution >= 4 is 46.2 Å². The molecule has 0 bridgehead atoms. The molecule has 6 atom stereocenters. The number of carbonyl (C=O) groups excluding carboxylic acids is 6. The zero-order valence-electron chi connectivity index (χ0n) is 47.7. The Morgan fingerprint density at radius 1 is 0.513 bits per heavy atom. The SMILES string of the molecule is CC.CN[C@@H](C)C(=O)N[C@H](C(=O)N1CCC[C@H]1CN(CCc1ccccc1)C(=O)c1ccc2cc(C(=O)N(CCc3ccccc3)C[C@@H]3CCCN3C(=O)[C@@H](NC(=O)[C@H](C)NC)C3CCCCC3)ccc2c1)C1CCCCC1.[HH].[HH].[HH].[HH]. The van der Waals surface area contributed by atoms with Gasteiger partial charge < -0.3 is 40.9 Å². The molecule has 4 N–H and O–H groups in total. The van der Waals surface area contributed by atoms with E-state index in [1.54, 1.807) is 27.9 Å². The van der Waals surface area contributed by atoms with Crippen LogP contribution in [0.4, 0.5) is 0 Å². The summed E-state index contributed by atoms with van der Waals surface area (Å²) in [6.07, 6.45) is 14.5. The van der Waals surface area contributed by atoms with Crippen molar-refractivity contribution in [2.75, 3.05) is 53.4 Å². The van der Waals surface area contributed by atoms with E-state index in [1.807, 2.05) is 106 Å². The average molecular weight is 1080 g/mol. The first-order valence-electron chi connectivity index (χ1n) is 29.7. The van der Waals surface area contributed by atoms with Crippen LogP contribution < -0.4 is 21.3 Å². The number of nitrogens with zero attached hydrogens (tertiary/aromatic N) is 4. The van der Waals surface area contributed by atoms with E-state index in [-0.39, 0.29) is 65.1 Å². The van der Waals surface area contributed by atoms with Crippen molar-refractivity contribution in [3.8, 4) is 0 Å². The van der Waals surface area contributed by atoms with Gasteiger partial charge in [0.2, 0.25) is 23.6 Å². The summed E-state index contributed by atoms with van der Waals surface area (Å²) in [5.41, 5.74) is 3.29. The lowest BCUT2D eigenvalue weighted by molar-refractivity contribution is -0.139. The lowest BCUT2D eigenvalue weighted by atomic mass is 9.83. The van der Waals surface area contributed by atoms with Crippen molar-refractivity contribution in [1.82, 2.24) is 40.9 Å². The van der Waals surface area contributed by atoms with Crippen LogP contribution >= 0.6 is 0 Å². The minimum atomic E-state index is -0.607. The van der Waals surface area contributed by atoms with Crippen LogP contribution in [0.5, 0.6) is 0 Å². The Hall–Kier alpha value is -6.12. The predicted molar refractivity (Wildman–Crippen MR) is 319 cm³/mol. The number of amides is 6. The van der Waals surface area contributed by atoms with Gasteiger partial charge in [-0.15, -0.1) is 0 Å². The molecule has 0 aromatic heterocycles. The molecule has 0 radical (unpaired) electrons. The molecule has 4 fully saturated rings. The summed E-state index contributed by atoms with van der Waals surface area (Å²) in [5.74, 6) is -0.555. The Bertz CT molecular complexity index is 2430. The second-order valence-electron chi connectivity index (χ2n) is 22.2. The van der Waals surface area contributed by atoms with Gasteiger partial charge in [0, 0.05) is 68.2 Å². The van der Waals surface area contributed by atoms with Gasteiger partial charge >= 0.3 is 0 Å². The molecule has 14 nitrogen and oxygen atoms in total. The molecule has 14 heteroatoms. The third-order valence-electron chi connectivity index (χ3n) is 17.1. The third-order valence-corrected chi connectivity index (χ3v) is 17.1. The lowest BCUT2D eigenvalue weighted by Crippen LogP contribution is -2.57. The van der Waals surface area contributed by atoms with Gasteiger partial charge in [0.25, 0.3) is 11.8 Å². The number of nitrogens with one attached hydrogen (secondary N) is 4. The standard InChI is InChI=1S/C62H84N8O6.C2H6.4H2/c1-43(63-3)57(71)65-55(47-23-13-7-14-24-47)61(75)69-35-17-27-53(69)41-67(37-33-45-19-9-5-10-20-45)59(73)51-31-29-50-40-52(32-30-49(50)39-51)60(74)68(38-34-46-21-11-6-12-22-46)42-54-28-18-36-70(54)62(76)56(48-25-15-8-16-26-48)66-58(72)44(2)64-4;1-2;;;;/h5-6,9-12,19-22,29-32,39-40,43-44,47-48,53-56,63-64H,7-8,13-18,23-28,33-38,41-42H2,1-4H3,(H,65,71)(H,66,72);1-2H3;4*1H/t43-,44-,53-,54-,55-,56-;;;;;/m0...../s1. The topological polar surface area (TPSA) is 163 Å². The second-order valence-corrected chi connectivity index (χ2v) is 22.2. The van der Waals surface area contributed by atoms with Crippen LogP contribution in [0.25, 0.3) is 10.8 Å². The van der Waals surface area contributed by atoms with E-state index in [1.165, 1.54) is 0 Å². The lowest BCUT2D eigenvalue weighted by Gasteiger charge is -2.37. The molecule has 8 rings (SSSR count). The van der Waals surface area contributed by atoms with Crippen LogP contribution in [0, 0.1) is 11.8 Å². The van der Waals surface area contributed by atoms with Gasteiger partial charge in [-0.25, -0.2) is 0 Å². The quantitative estimate of drug-likeness (QED) is 0.0605. The molecule has 2 saturated carbocycles. The predicted octanol–water partition coefficient (Wildman–Crippen LogP) is 9.55. The summed E-state index contributed by atoms with van der Waals surface area (Å²) >= 11 is 0. The van der Waals surface area contributed by atoms with Crippen LogP contribution in [-0.4, -0.2) is 145 Å². The van der Waals surface area contributed by atoms with E-state index in [4.69, 9.17) is 0 Å². The second kappa shape index (κ2) is 29.7. The summed E-state index contributed by atoms with van der Waals surface area (Å²) in [6.45, 7) is 10.4. The Kier molecular flexibility index (Phi) is 22.7. The van der Waals surface area contributed by atoms with Crippen molar-refractivity contribution in [3.05, 3.63) is 119 Å². The molecule has 0 unspecified atom stereocenters. The van der Waals surface area contributed by atoms with E-state index in [0.29, 0.717) is 63.2 Å². The highest BCUT2D eigenvalue weighted by molar-refractivity contribution is 6.02. The minimum absolute atomic E-state index is 0. The number of fused-ring (bicyclic) bond motifs is 1.